The average Bonchev–Trinajstić information content (AvgIpc) is 2.86. The third-order valence-electron chi connectivity index (χ3n) is 16.3. The maximum atomic E-state index is 12.9. The molecule has 0 aliphatic heterocycles. The number of likely N-dealkylation sites (N-methyl/N-ethyl adjacent to an activating group) is 1. The highest BCUT2D eigenvalue weighted by molar-refractivity contribution is 5.71. The molecular formula is C86H144NO8+. The third kappa shape index (κ3) is 76.1. The van der Waals surface area contributed by atoms with Crippen LogP contribution in [0.2, 0.25) is 0 Å². The van der Waals surface area contributed by atoms with Gasteiger partial charge in [-0.1, -0.05) is 339 Å². The average molecular weight is 1320 g/mol. The number of hydrogen-bond donors (Lipinski definition) is 1. The Balaban J connectivity index is 4.08. The quantitative estimate of drug-likeness (QED) is 0.0211. The van der Waals surface area contributed by atoms with Gasteiger partial charge in [-0.2, -0.15) is 0 Å². The Bertz CT molecular complexity index is 2130. The molecule has 0 rings (SSSR count). The van der Waals surface area contributed by atoms with Crippen LogP contribution in [0.5, 0.6) is 0 Å². The van der Waals surface area contributed by atoms with E-state index in [1.54, 1.807) is 0 Å². The smallest absolute Gasteiger partial charge is 0.361 e. The molecule has 9 nitrogen and oxygen atoms in total. The van der Waals surface area contributed by atoms with Gasteiger partial charge in [-0.15, -0.1) is 0 Å². The van der Waals surface area contributed by atoms with Gasteiger partial charge >= 0.3 is 17.9 Å². The standard InChI is InChI=1S/C86H143NO8/c1-6-8-10-12-14-16-18-20-22-24-26-28-30-32-34-36-37-38-39-40-41-42-43-44-45-46-47-49-50-52-54-56-58-60-62-64-66-68-70-72-74-76-83(88)93-80-82(81-94-86(85(90)91)92-79-78-87(3,4)5)95-84(89)77-75-73-71-69-67-65-63-61-59-57-55-53-51-48-35-33-31-29-27-25-23-21-19-17-15-13-11-9-7-2/h8-11,14-17,20-23,26-29,33,35,51,53,57,59,63,65,69,71,82,86H,6-7,12-13,18-19,24-25,30-32,34,36-50,52,54-56,58,60-62,64,66-68,70,72-81H2,1-5H3/p+1/b10-8-,11-9-,16-14-,17-15-,22-20-,23-21-,28-26-,29-27-,35-33-,53-51-,59-57-,65-63-,71-69-. The largest absolute Gasteiger partial charge is 0.477 e. The Kier molecular flexibility index (Phi) is 70.7. The highest BCUT2D eigenvalue weighted by atomic mass is 16.7. The Morgan fingerprint density at radius 1 is 0.316 bits per heavy atom. The molecule has 0 aromatic heterocycles. The van der Waals surface area contributed by atoms with E-state index in [0.29, 0.717) is 23.9 Å². The summed E-state index contributed by atoms with van der Waals surface area (Å²) in [7, 11) is 5.96. The lowest BCUT2D eigenvalue weighted by Crippen LogP contribution is -2.40. The molecule has 0 saturated heterocycles. The van der Waals surface area contributed by atoms with Crippen molar-refractivity contribution in [2.24, 2.45) is 0 Å². The van der Waals surface area contributed by atoms with E-state index in [9.17, 15) is 19.5 Å². The third-order valence-corrected chi connectivity index (χ3v) is 16.3. The Morgan fingerprint density at radius 3 is 0.874 bits per heavy atom. The monoisotopic (exact) mass is 1320 g/mol. The zero-order valence-electron chi connectivity index (χ0n) is 61.8. The summed E-state index contributed by atoms with van der Waals surface area (Å²) in [6.45, 7) is 4.59. The highest BCUT2D eigenvalue weighted by Crippen LogP contribution is 2.18. The maximum Gasteiger partial charge on any atom is 0.361 e. The molecule has 0 heterocycles. The van der Waals surface area contributed by atoms with Crippen LogP contribution in [-0.2, 0) is 33.3 Å². The van der Waals surface area contributed by atoms with E-state index < -0.39 is 24.3 Å². The van der Waals surface area contributed by atoms with E-state index in [2.05, 4.69) is 172 Å². The highest BCUT2D eigenvalue weighted by Gasteiger charge is 2.25. The number of esters is 2. The van der Waals surface area contributed by atoms with Gasteiger partial charge in [-0.25, -0.2) is 4.79 Å². The summed E-state index contributed by atoms with van der Waals surface area (Å²) in [5, 5.41) is 9.76. The zero-order valence-corrected chi connectivity index (χ0v) is 61.8. The number of aliphatic carboxylic acids is 1. The number of allylic oxidation sites excluding steroid dienone is 26. The molecule has 0 aromatic carbocycles. The predicted octanol–water partition coefficient (Wildman–Crippen LogP) is 24.8. The van der Waals surface area contributed by atoms with Gasteiger partial charge in [0, 0.05) is 12.8 Å². The summed E-state index contributed by atoms with van der Waals surface area (Å²) in [5.41, 5.74) is 0. The predicted molar refractivity (Wildman–Crippen MR) is 410 cm³/mol. The van der Waals surface area contributed by atoms with Crippen LogP contribution >= 0.6 is 0 Å². The van der Waals surface area contributed by atoms with Crippen molar-refractivity contribution in [1.29, 1.82) is 0 Å². The molecule has 0 aromatic rings. The Morgan fingerprint density at radius 2 is 0.579 bits per heavy atom. The number of carbonyl (C=O) groups excluding carboxylic acids is 2. The van der Waals surface area contributed by atoms with Crippen LogP contribution in [0.3, 0.4) is 0 Å². The van der Waals surface area contributed by atoms with Crippen LogP contribution in [0.25, 0.3) is 0 Å². The van der Waals surface area contributed by atoms with Crippen molar-refractivity contribution in [3.63, 3.8) is 0 Å². The number of carboxylic acid groups (broad SMARTS) is 1. The molecule has 0 radical (unpaired) electrons. The van der Waals surface area contributed by atoms with Crippen LogP contribution in [-0.4, -0.2) is 87.4 Å². The van der Waals surface area contributed by atoms with Gasteiger partial charge in [0.15, 0.2) is 6.10 Å². The number of carboxylic acids is 1. The molecule has 0 bridgehead atoms. The number of carbonyl (C=O) groups is 3. The summed E-state index contributed by atoms with van der Waals surface area (Å²) < 4.78 is 22.9. The number of unbranched alkanes of at least 4 members (excludes halogenated alkanes) is 29. The molecule has 1 N–H and O–H groups in total. The fraction of sp³-hybridized carbons (Fsp3) is 0.663. The maximum absolute atomic E-state index is 12.9. The molecule has 0 spiro atoms. The van der Waals surface area contributed by atoms with Crippen molar-refractivity contribution in [3.05, 3.63) is 158 Å². The van der Waals surface area contributed by atoms with E-state index in [-0.39, 0.29) is 38.6 Å². The number of rotatable bonds is 70. The molecule has 540 valence electrons. The molecule has 0 aliphatic rings. The van der Waals surface area contributed by atoms with Crippen LogP contribution < -0.4 is 0 Å². The first-order valence-electron chi connectivity index (χ1n) is 38.6. The number of quaternary nitrogens is 1. The van der Waals surface area contributed by atoms with Gasteiger partial charge in [-0.3, -0.25) is 9.59 Å². The summed E-state index contributed by atoms with van der Waals surface area (Å²) in [6.07, 6.45) is 108. The number of nitrogens with zero attached hydrogens (tertiary/aromatic N) is 1. The minimum Gasteiger partial charge on any atom is -0.477 e. The fourth-order valence-corrected chi connectivity index (χ4v) is 10.5. The first-order chi connectivity index (χ1) is 46.6. The number of ether oxygens (including phenoxy) is 4. The van der Waals surface area contributed by atoms with E-state index in [0.717, 1.165) is 103 Å². The second kappa shape index (κ2) is 74.7. The molecule has 95 heavy (non-hydrogen) atoms. The minimum absolute atomic E-state index is 0.170. The van der Waals surface area contributed by atoms with Gasteiger partial charge < -0.3 is 28.5 Å². The molecule has 0 fully saturated rings. The summed E-state index contributed by atoms with van der Waals surface area (Å²) in [5.74, 6) is -2.09. The summed E-state index contributed by atoms with van der Waals surface area (Å²) in [6, 6.07) is 0. The van der Waals surface area contributed by atoms with Crippen LogP contribution in [0.4, 0.5) is 0 Å². The lowest BCUT2D eigenvalue weighted by atomic mass is 10.0. The zero-order chi connectivity index (χ0) is 69.0. The van der Waals surface area contributed by atoms with Gasteiger partial charge in [0.25, 0.3) is 6.29 Å². The first-order valence-corrected chi connectivity index (χ1v) is 38.6. The second-order valence-electron chi connectivity index (χ2n) is 26.6. The van der Waals surface area contributed by atoms with Crippen molar-refractivity contribution in [2.45, 2.75) is 322 Å². The molecule has 0 saturated carbocycles. The van der Waals surface area contributed by atoms with Gasteiger partial charge in [0.2, 0.25) is 0 Å². The van der Waals surface area contributed by atoms with Crippen molar-refractivity contribution < 1.29 is 42.9 Å². The van der Waals surface area contributed by atoms with Crippen molar-refractivity contribution in [3.8, 4) is 0 Å². The van der Waals surface area contributed by atoms with E-state index in [4.69, 9.17) is 18.9 Å². The van der Waals surface area contributed by atoms with E-state index in [1.807, 2.05) is 21.1 Å². The fourth-order valence-electron chi connectivity index (χ4n) is 10.5. The summed E-state index contributed by atoms with van der Waals surface area (Å²) in [4.78, 5) is 37.7. The SMILES string of the molecule is CC/C=C\C/C=C\C/C=C\C/C=C\C/C=C\C/C=C\C/C=C\C/C=C\C/C=C\CCCC(=O)OC(COC(=O)CCCCCCCCCCCCCCCCCCCCCCCCCCCCCC/C=C\C/C=C\C/C=C\C/C=C\CC)COC(OCC[N+](C)(C)C)C(=O)O. The van der Waals surface area contributed by atoms with Crippen molar-refractivity contribution >= 4 is 17.9 Å². The van der Waals surface area contributed by atoms with Crippen molar-refractivity contribution in [2.75, 3.05) is 47.5 Å². The van der Waals surface area contributed by atoms with Crippen molar-refractivity contribution in [1.82, 2.24) is 0 Å². The molecule has 2 atom stereocenters. The molecular weight excluding hydrogens is 1170 g/mol. The van der Waals surface area contributed by atoms with Crippen LogP contribution in [0.15, 0.2) is 158 Å². The Hall–Kier alpha value is -5.09. The topological polar surface area (TPSA) is 108 Å². The normalized spacial score (nSPS) is 13.6. The lowest BCUT2D eigenvalue weighted by molar-refractivity contribution is -0.870. The summed E-state index contributed by atoms with van der Waals surface area (Å²) >= 11 is 0. The van der Waals surface area contributed by atoms with Crippen LogP contribution in [0.1, 0.15) is 309 Å². The number of hydrogen-bond acceptors (Lipinski definition) is 7. The second-order valence-corrected chi connectivity index (χ2v) is 26.6. The van der Waals surface area contributed by atoms with E-state index in [1.165, 1.54) is 167 Å². The molecule has 0 aliphatic carbocycles. The lowest BCUT2D eigenvalue weighted by Gasteiger charge is -2.25. The van der Waals surface area contributed by atoms with Gasteiger partial charge in [0.1, 0.15) is 13.2 Å². The van der Waals surface area contributed by atoms with Gasteiger partial charge in [0.05, 0.1) is 34.4 Å². The van der Waals surface area contributed by atoms with Crippen LogP contribution in [0, 0.1) is 0 Å². The van der Waals surface area contributed by atoms with E-state index >= 15 is 0 Å². The van der Waals surface area contributed by atoms with Gasteiger partial charge in [-0.05, 0) is 116 Å². The molecule has 2 unspecified atom stereocenters. The first kappa shape index (κ1) is 89.9. The minimum atomic E-state index is -1.54. The molecule has 0 amide bonds. The Labute approximate surface area is 584 Å². The molecule has 9 heteroatoms.